The first-order valence-corrected chi connectivity index (χ1v) is 21.0. The molecule has 0 aliphatic carbocycles. The van der Waals surface area contributed by atoms with Crippen LogP contribution >= 0.6 is 15.9 Å². The monoisotopic (exact) mass is 798 g/mol. The van der Waals surface area contributed by atoms with Gasteiger partial charge in [0.1, 0.15) is 17.5 Å². The molecule has 0 aromatic heterocycles. The third-order valence-electron chi connectivity index (χ3n) is 6.51. The summed E-state index contributed by atoms with van der Waals surface area (Å²) in [5, 5.41) is 9.31. The summed E-state index contributed by atoms with van der Waals surface area (Å²) in [6.07, 6.45) is 2.63. The van der Waals surface area contributed by atoms with Gasteiger partial charge in [-0.2, -0.15) is 0 Å². The van der Waals surface area contributed by atoms with Gasteiger partial charge in [0.05, 0.1) is 38.8 Å². The lowest BCUT2D eigenvalue weighted by molar-refractivity contribution is -0.117. The van der Waals surface area contributed by atoms with Gasteiger partial charge in [-0.1, -0.05) is 66.2 Å². The average molecular weight is 800 g/mol. The largest absolute Gasteiger partial charge is 0.324 e. The van der Waals surface area contributed by atoms with Crippen molar-refractivity contribution in [2.75, 3.05) is 75.4 Å². The number of carbonyl (C=O) groups excluding carboxylic acids is 2. The Hall–Kier alpha value is -1.56. The molecule has 0 radical (unpaired) electrons. The fourth-order valence-corrected chi connectivity index (χ4v) is 7.57. The first kappa shape index (κ1) is 47.6. The second-order valence-corrected chi connectivity index (χ2v) is 18.1. The smallest absolute Gasteiger partial charge is 0.238 e. The summed E-state index contributed by atoms with van der Waals surface area (Å²) in [6, 6.07) is 11.9. The zero-order chi connectivity index (χ0) is 35.3. The van der Waals surface area contributed by atoms with Gasteiger partial charge in [-0.3, -0.25) is 22.9 Å². The van der Waals surface area contributed by atoms with Crippen LogP contribution in [0.3, 0.4) is 0 Å². The Bertz CT molecular complexity index is 1400. The van der Waals surface area contributed by atoms with Gasteiger partial charge < -0.3 is 16.0 Å². The van der Waals surface area contributed by atoms with Crippen molar-refractivity contribution >= 4 is 79.0 Å². The Balaban J connectivity index is 0. The number of amides is 2. The number of unbranched alkanes of at least 4 members (excludes halogenated alkanes) is 2. The Morgan fingerprint density at radius 3 is 1.60 bits per heavy atom. The molecule has 0 spiro atoms. The van der Waals surface area contributed by atoms with E-state index in [0.717, 1.165) is 59.4 Å². The molecule has 0 saturated heterocycles. The molecule has 3 N–H and O–H groups in total. The van der Waals surface area contributed by atoms with E-state index in [9.17, 15) is 18.0 Å². The molecular weight excluding hydrogens is 745 g/mol. The first-order valence-electron chi connectivity index (χ1n) is 14.7. The van der Waals surface area contributed by atoms with Gasteiger partial charge in [0.15, 0.2) is 0 Å². The van der Waals surface area contributed by atoms with Crippen molar-refractivity contribution < 1.29 is 26.4 Å². The number of carbonyl (C=O) groups is 2. The lowest BCUT2D eigenvalue weighted by Crippen LogP contribution is -2.31. The highest BCUT2D eigenvalue weighted by Gasteiger charge is 2.10. The predicted molar refractivity (Wildman–Crippen MR) is 210 cm³/mol. The van der Waals surface area contributed by atoms with E-state index in [0.29, 0.717) is 29.9 Å². The minimum absolute atomic E-state index is 0. The molecule has 47 heavy (non-hydrogen) atoms. The van der Waals surface area contributed by atoms with E-state index in [-0.39, 0.29) is 19.2 Å². The van der Waals surface area contributed by atoms with Crippen molar-refractivity contribution in [2.45, 2.75) is 54.4 Å². The van der Waals surface area contributed by atoms with Crippen LogP contribution in [0.1, 0.15) is 48.9 Å². The summed E-state index contributed by atoms with van der Waals surface area (Å²) < 4.78 is 31.5. The Morgan fingerprint density at radius 1 is 0.787 bits per heavy atom. The van der Waals surface area contributed by atoms with E-state index in [2.05, 4.69) is 47.3 Å². The van der Waals surface area contributed by atoms with Crippen LogP contribution < -0.4 is 16.0 Å². The van der Waals surface area contributed by atoms with Crippen molar-refractivity contribution in [3.05, 3.63) is 58.7 Å². The van der Waals surface area contributed by atoms with Crippen molar-refractivity contribution in [3.8, 4) is 0 Å². The van der Waals surface area contributed by atoms with Gasteiger partial charge in [-0.15, -0.1) is 0 Å². The van der Waals surface area contributed by atoms with Crippen molar-refractivity contribution in [2.24, 2.45) is 0 Å². The number of nitrogens with one attached hydrogen (secondary N) is 3. The molecule has 2 aromatic carbocycles. The predicted octanol–water partition coefficient (Wildman–Crippen LogP) is 5.44. The van der Waals surface area contributed by atoms with Crippen LogP contribution in [0, 0.1) is 27.7 Å². The number of para-hydroxylation sites is 2. The third kappa shape index (κ3) is 21.9. The van der Waals surface area contributed by atoms with Gasteiger partial charge in [-0.25, -0.2) is 8.42 Å². The maximum atomic E-state index is 12.2. The molecule has 2 rings (SSSR count). The molecule has 2 unspecified atom stereocenters. The molecule has 2 amide bonds. The topological polar surface area (TPSA) is 126 Å². The van der Waals surface area contributed by atoms with Crippen LogP contribution in [0.4, 0.5) is 11.4 Å². The Labute approximate surface area is 302 Å². The van der Waals surface area contributed by atoms with Gasteiger partial charge in [0.2, 0.25) is 11.8 Å². The fourth-order valence-electron chi connectivity index (χ4n) is 3.97. The number of likely N-dealkylation sites (N-methyl/N-ethyl adjacent to an activating group) is 2. The highest BCUT2D eigenvalue weighted by Crippen LogP contribution is 2.20. The van der Waals surface area contributed by atoms with Gasteiger partial charge in [0.25, 0.3) is 0 Å². The van der Waals surface area contributed by atoms with Gasteiger partial charge in [-0.05, 0) is 83.4 Å². The molecule has 0 saturated carbocycles. The van der Waals surface area contributed by atoms with Crippen molar-refractivity contribution in [1.82, 2.24) is 10.2 Å². The van der Waals surface area contributed by atoms with Crippen LogP contribution in [0.15, 0.2) is 36.4 Å². The fraction of sp³-hybridized carbons (Fsp3) is 0.562. The summed E-state index contributed by atoms with van der Waals surface area (Å²) in [5.74, 6) is 0.793. The number of benzene rings is 2. The Kier molecular flexibility index (Phi) is 25.7. The van der Waals surface area contributed by atoms with Gasteiger partial charge >= 0.3 is 0 Å². The average Bonchev–Trinajstić information content (AvgIpc) is 2.98. The standard InChI is InChI=1S/C17H28N2O3S2.C11H16N2O.C3H7BrO2S2.CH4/c1-14-9-8-10-15(2)17(14)18-16(20)13-19(3)11-6-5-7-12-24(21,23)22-4;1-8-5-4-6-9(2)11(8)13-10(14)7-12-3;1-6-8(5,7)3-2-4;/h8-10H,5-7,11-13H2,1-4H3,(H,18,20);4-6,12H,7H2,1-3H3,(H,13,14);2-3H2,1H3;1H4. The summed E-state index contributed by atoms with van der Waals surface area (Å²) >= 11 is 12.4. The van der Waals surface area contributed by atoms with E-state index in [1.165, 1.54) is 14.2 Å². The number of hydrogen-bond donors (Lipinski definition) is 3. The number of aryl methyl sites for hydroxylation is 4. The zero-order valence-corrected chi connectivity index (χ0v) is 33.1. The highest BCUT2D eigenvalue weighted by molar-refractivity contribution is 9.09. The second kappa shape index (κ2) is 25.4. The van der Waals surface area contributed by atoms with Crippen LogP contribution in [-0.2, 0) is 57.9 Å². The highest BCUT2D eigenvalue weighted by atomic mass is 79.9. The summed E-state index contributed by atoms with van der Waals surface area (Å²) in [6.45, 7) is 9.46. The Morgan fingerprint density at radius 2 is 1.21 bits per heavy atom. The van der Waals surface area contributed by atoms with Crippen LogP contribution in [-0.4, -0.2) is 89.9 Å². The minimum Gasteiger partial charge on any atom is -0.324 e. The SMILES string of the molecule is C.CNCC(=O)Nc1c(C)cccc1C.COS(=O)(=S)CCBr.COS(=O)(=S)CCCCCN(C)CC(=O)Nc1c(C)cccc1C. The second-order valence-electron chi connectivity index (χ2n) is 10.5. The van der Waals surface area contributed by atoms with Crippen LogP contribution in [0.25, 0.3) is 0 Å². The summed E-state index contributed by atoms with van der Waals surface area (Å²) in [5.41, 5.74) is 6.14. The number of anilines is 2. The summed E-state index contributed by atoms with van der Waals surface area (Å²) in [7, 11) is 1.52. The minimum atomic E-state index is -2.53. The molecule has 0 bridgehead atoms. The first-order chi connectivity index (χ1) is 21.5. The van der Waals surface area contributed by atoms with Crippen molar-refractivity contribution in [1.29, 1.82) is 0 Å². The lowest BCUT2D eigenvalue weighted by atomic mass is 10.1. The number of halogens is 1. The quantitative estimate of drug-likeness (QED) is 0.150. The molecule has 0 aliphatic heterocycles. The van der Waals surface area contributed by atoms with Crippen LogP contribution in [0.5, 0.6) is 0 Å². The van der Waals surface area contributed by atoms with E-state index in [4.69, 9.17) is 15.4 Å². The zero-order valence-electron chi connectivity index (χ0n) is 28.2. The number of rotatable bonds is 16. The normalized spacial score (nSPS) is 13.0. The molecule has 0 aliphatic rings. The van der Waals surface area contributed by atoms with Crippen LogP contribution in [0.2, 0.25) is 0 Å². The molecular formula is C32H55BrN4O6S4. The van der Waals surface area contributed by atoms with E-state index in [1.807, 2.05) is 76.0 Å². The van der Waals surface area contributed by atoms with E-state index in [1.54, 1.807) is 7.05 Å². The molecule has 270 valence electrons. The lowest BCUT2D eigenvalue weighted by Gasteiger charge is -2.17. The molecule has 2 atom stereocenters. The van der Waals surface area contributed by atoms with Crippen molar-refractivity contribution in [3.63, 3.8) is 0 Å². The molecule has 0 fully saturated rings. The molecule has 2 aromatic rings. The molecule has 15 heteroatoms. The summed E-state index contributed by atoms with van der Waals surface area (Å²) in [4.78, 5) is 25.5. The molecule has 10 nitrogen and oxygen atoms in total. The number of alkyl halides is 1. The number of hydrogen-bond acceptors (Lipinski definition) is 10. The molecule has 0 heterocycles. The van der Waals surface area contributed by atoms with E-state index < -0.39 is 17.5 Å². The third-order valence-corrected chi connectivity index (χ3v) is 11.8. The van der Waals surface area contributed by atoms with E-state index >= 15 is 0 Å². The maximum Gasteiger partial charge on any atom is 0.238 e. The van der Waals surface area contributed by atoms with Gasteiger partial charge in [0, 0.05) is 39.1 Å². The maximum absolute atomic E-state index is 12.2. The number of nitrogens with zero attached hydrogens (tertiary/aromatic N) is 1.